The standard InChI is InChI=1S/C15H18N2O2/c1-4-17(10(2)3)14-12-8-6-5-7-11(12)13(9-16-14)15(18)19/h5-10H,4H2,1-3H3,(H,18,19). The molecule has 4 nitrogen and oxygen atoms in total. The summed E-state index contributed by atoms with van der Waals surface area (Å²) in [4.78, 5) is 17.8. The highest BCUT2D eigenvalue weighted by Crippen LogP contribution is 2.28. The molecule has 0 aliphatic rings. The van der Waals surface area contributed by atoms with Crippen molar-refractivity contribution in [2.24, 2.45) is 0 Å². The summed E-state index contributed by atoms with van der Waals surface area (Å²) < 4.78 is 0. The maximum atomic E-state index is 11.2. The number of carboxylic acids is 1. The molecule has 2 aromatic rings. The zero-order chi connectivity index (χ0) is 14.0. The Balaban J connectivity index is 2.71. The van der Waals surface area contributed by atoms with Crippen LogP contribution in [0.5, 0.6) is 0 Å². The number of carbonyl (C=O) groups is 1. The van der Waals surface area contributed by atoms with Crippen molar-refractivity contribution < 1.29 is 9.90 Å². The van der Waals surface area contributed by atoms with Crippen molar-refractivity contribution in [2.75, 3.05) is 11.4 Å². The van der Waals surface area contributed by atoms with Crippen LogP contribution >= 0.6 is 0 Å². The Kier molecular flexibility index (Phi) is 3.69. The molecule has 0 aliphatic heterocycles. The van der Waals surface area contributed by atoms with Gasteiger partial charge in [-0.2, -0.15) is 0 Å². The topological polar surface area (TPSA) is 53.4 Å². The summed E-state index contributed by atoms with van der Waals surface area (Å²) in [5.74, 6) is -0.0963. The summed E-state index contributed by atoms with van der Waals surface area (Å²) in [5.41, 5.74) is 0.249. The van der Waals surface area contributed by atoms with Crippen molar-refractivity contribution in [2.45, 2.75) is 26.8 Å². The third kappa shape index (κ3) is 2.38. The summed E-state index contributed by atoms with van der Waals surface area (Å²) in [7, 11) is 0. The second-order valence-corrected chi connectivity index (χ2v) is 4.73. The van der Waals surface area contributed by atoms with Gasteiger partial charge in [-0.15, -0.1) is 0 Å². The first-order valence-electron chi connectivity index (χ1n) is 6.44. The minimum atomic E-state index is -0.942. The SMILES string of the molecule is CCN(c1ncc(C(=O)O)c2ccccc12)C(C)C. The van der Waals surface area contributed by atoms with E-state index in [2.05, 4.69) is 30.7 Å². The molecule has 0 amide bonds. The molecule has 0 fully saturated rings. The number of hydrogen-bond acceptors (Lipinski definition) is 3. The number of fused-ring (bicyclic) bond motifs is 1. The Hall–Kier alpha value is -2.10. The molecule has 0 atom stereocenters. The van der Waals surface area contributed by atoms with Gasteiger partial charge in [-0.1, -0.05) is 24.3 Å². The Morgan fingerprint density at radius 2 is 1.95 bits per heavy atom. The van der Waals surface area contributed by atoms with E-state index in [0.29, 0.717) is 6.04 Å². The molecule has 0 spiro atoms. The maximum Gasteiger partial charge on any atom is 0.337 e. The molecule has 2 rings (SSSR count). The number of carboxylic acid groups (broad SMARTS) is 1. The maximum absolute atomic E-state index is 11.2. The van der Waals surface area contributed by atoms with Gasteiger partial charge >= 0.3 is 5.97 Å². The Morgan fingerprint density at radius 1 is 1.32 bits per heavy atom. The number of benzene rings is 1. The largest absolute Gasteiger partial charge is 0.478 e. The Labute approximate surface area is 112 Å². The second kappa shape index (κ2) is 5.26. The zero-order valence-corrected chi connectivity index (χ0v) is 11.4. The highest BCUT2D eigenvalue weighted by Gasteiger charge is 2.17. The van der Waals surface area contributed by atoms with Crippen molar-refractivity contribution >= 4 is 22.6 Å². The van der Waals surface area contributed by atoms with Crippen LogP contribution < -0.4 is 4.90 Å². The lowest BCUT2D eigenvalue weighted by atomic mass is 10.1. The van der Waals surface area contributed by atoms with Crippen LogP contribution in [0, 0.1) is 0 Å². The fraction of sp³-hybridized carbons (Fsp3) is 0.333. The summed E-state index contributed by atoms with van der Waals surface area (Å²) in [6, 6.07) is 7.83. The third-order valence-electron chi connectivity index (χ3n) is 3.24. The number of aromatic nitrogens is 1. The molecule has 0 saturated heterocycles. The van der Waals surface area contributed by atoms with E-state index in [0.717, 1.165) is 23.1 Å². The fourth-order valence-electron chi connectivity index (χ4n) is 2.34. The lowest BCUT2D eigenvalue weighted by molar-refractivity contribution is 0.0698. The van der Waals surface area contributed by atoms with Gasteiger partial charge in [0.05, 0.1) is 5.56 Å². The van der Waals surface area contributed by atoms with E-state index in [1.807, 2.05) is 24.3 Å². The first kappa shape index (κ1) is 13.3. The number of anilines is 1. The van der Waals surface area contributed by atoms with Gasteiger partial charge in [-0.05, 0) is 20.8 Å². The van der Waals surface area contributed by atoms with Crippen LogP contribution in [0.25, 0.3) is 10.8 Å². The van der Waals surface area contributed by atoms with Gasteiger partial charge in [0.2, 0.25) is 0 Å². The summed E-state index contributed by atoms with van der Waals surface area (Å²) in [5, 5.41) is 10.8. The summed E-state index contributed by atoms with van der Waals surface area (Å²) in [6.07, 6.45) is 1.45. The van der Waals surface area contributed by atoms with Crippen molar-refractivity contribution in [1.82, 2.24) is 4.98 Å². The molecule has 4 heteroatoms. The lowest BCUT2D eigenvalue weighted by Crippen LogP contribution is -2.31. The zero-order valence-electron chi connectivity index (χ0n) is 11.4. The third-order valence-corrected chi connectivity index (χ3v) is 3.24. The minimum absolute atomic E-state index is 0.249. The van der Waals surface area contributed by atoms with Crippen LogP contribution in [0.2, 0.25) is 0 Å². The van der Waals surface area contributed by atoms with Crippen LogP contribution in [-0.4, -0.2) is 28.6 Å². The van der Waals surface area contributed by atoms with Crippen LogP contribution in [0.1, 0.15) is 31.1 Å². The van der Waals surface area contributed by atoms with Gasteiger partial charge in [-0.25, -0.2) is 9.78 Å². The van der Waals surface area contributed by atoms with E-state index in [4.69, 9.17) is 0 Å². The van der Waals surface area contributed by atoms with E-state index in [9.17, 15) is 9.90 Å². The van der Waals surface area contributed by atoms with Gasteiger partial charge in [-0.3, -0.25) is 0 Å². The smallest absolute Gasteiger partial charge is 0.337 e. The number of nitrogens with zero attached hydrogens (tertiary/aromatic N) is 2. The van der Waals surface area contributed by atoms with E-state index in [-0.39, 0.29) is 5.56 Å². The van der Waals surface area contributed by atoms with Gasteiger partial charge in [0.1, 0.15) is 5.82 Å². The molecular weight excluding hydrogens is 240 g/mol. The first-order chi connectivity index (χ1) is 9.06. The summed E-state index contributed by atoms with van der Waals surface area (Å²) in [6.45, 7) is 7.11. The van der Waals surface area contributed by atoms with Crippen molar-refractivity contribution in [3.8, 4) is 0 Å². The van der Waals surface area contributed by atoms with Gasteiger partial charge in [0.15, 0.2) is 0 Å². The van der Waals surface area contributed by atoms with E-state index in [1.165, 1.54) is 6.20 Å². The minimum Gasteiger partial charge on any atom is -0.478 e. The van der Waals surface area contributed by atoms with Crippen LogP contribution in [0.3, 0.4) is 0 Å². The highest BCUT2D eigenvalue weighted by molar-refractivity contribution is 6.06. The van der Waals surface area contributed by atoms with E-state index >= 15 is 0 Å². The average Bonchev–Trinajstić information content (AvgIpc) is 2.39. The molecular formula is C15H18N2O2. The average molecular weight is 258 g/mol. The normalized spacial score (nSPS) is 10.9. The molecule has 0 bridgehead atoms. The molecule has 0 unspecified atom stereocenters. The van der Waals surface area contributed by atoms with E-state index < -0.39 is 5.97 Å². The highest BCUT2D eigenvalue weighted by atomic mass is 16.4. The lowest BCUT2D eigenvalue weighted by Gasteiger charge is -2.27. The predicted octanol–water partition coefficient (Wildman–Crippen LogP) is 3.17. The van der Waals surface area contributed by atoms with Crippen molar-refractivity contribution in [3.63, 3.8) is 0 Å². The molecule has 0 saturated carbocycles. The predicted molar refractivity (Wildman–Crippen MR) is 76.9 cm³/mol. The molecule has 100 valence electrons. The van der Waals surface area contributed by atoms with Crippen LogP contribution in [0.4, 0.5) is 5.82 Å². The van der Waals surface area contributed by atoms with Gasteiger partial charge in [0.25, 0.3) is 0 Å². The Morgan fingerprint density at radius 3 is 2.47 bits per heavy atom. The molecule has 0 radical (unpaired) electrons. The number of hydrogen-bond donors (Lipinski definition) is 1. The van der Waals surface area contributed by atoms with Gasteiger partial charge in [0, 0.05) is 29.6 Å². The number of pyridine rings is 1. The number of aromatic carboxylic acids is 1. The summed E-state index contributed by atoms with van der Waals surface area (Å²) >= 11 is 0. The second-order valence-electron chi connectivity index (χ2n) is 4.73. The van der Waals surface area contributed by atoms with Crippen LogP contribution in [-0.2, 0) is 0 Å². The molecule has 1 aromatic heterocycles. The molecule has 1 heterocycles. The van der Waals surface area contributed by atoms with Crippen molar-refractivity contribution in [1.29, 1.82) is 0 Å². The quantitative estimate of drug-likeness (QED) is 0.915. The van der Waals surface area contributed by atoms with Crippen LogP contribution in [0.15, 0.2) is 30.5 Å². The fourth-order valence-corrected chi connectivity index (χ4v) is 2.34. The number of rotatable bonds is 4. The molecule has 1 N–H and O–H groups in total. The first-order valence-corrected chi connectivity index (χ1v) is 6.44. The van der Waals surface area contributed by atoms with Crippen molar-refractivity contribution in [3.05, 3.63) is 36.0 Å². The molecule has 0 aliphatic carbocycles. The Bertz CT molecular complexity index is 608. The van der Waals surface area contributed by atoms with E-state index in [1.54, 1.807) is 0 Å². The molecule has 19 heavy (non-hydrogen) atoms. The molecule has 1 aromatic carbocycles. The monoisotopic (exact) mass is 258 g/mol. The van der Waals surface area contributed by atoms with Gasteiger partial charge < -0.3 is 10.0 Å².